The quantitative estimate of drug-likeness (QED) is 0.834. The molecule has 1 aliphatic heterocycles. The van der Waals surface area contributed by atoms with Gasteiger partial charge in [0.15, 0.2) is 5.12 Å². The Morgan fingerprint density at radius 3 is 2.33 bits per heavy atom. The van der Waals surface area contributed by atoms with E-state index in [1.165, 1.54) is 18.7 Å². The number of hydrogen-bond donors (Lipinski definition) is 1. The van der Waals surface area contributed by atoms with Gasteiger partial charge < -0.3 is 14.4 Å². The van der Waals surface area contributed by atoms with Gasteiger partial charge in [-0.15, -0.1) is 0 Å². The molecule has 130 valence electrons. The van der Waals surface area contributed by atoms with Crippen LogP contribution in [0.3, 0.4) is 0 Å². The lowest BCUT2D eigenvalue weighted by Crippen LogP contribution is -2.41. The van der Waals surface area contributed by atoms with Crippen LogP contribution in [0.2, 0.25) is 0 Å². The molecule has 0 amide bonds. The zero-order valence-electron chi connectivity index (χ0n) is 15.2. The van der Waals surface area contributed by atoms with E-state index in [1.54, 1.807) is 12.1 Å². The molecule has 0 bridgehead atoms. The highest BCUT2D eigenvalue weighted by Crippen LogP contribution is 2.39. The molecule has 0 aliphatic carbocycles. The molecule has 0 aromatic heterocycles. The summed E-state index contributed by atoms with van der Waals surface area (Å²) in [6, 6.07) is 5.39. The predicted molar refractivity (Wildman–Crippen MR) is 100 cm³/mol. The Bertz CT molecular complexity index is 631. The Morgan fingerprint density at radius 1 is 1.25 bits per heavy atom. The maximum atomic E-state index is 11.4. The normalized spacial score (nSPS) is 19.6. The van der Waals surface area contributed by atoms with Crippen molar-refractivity contribution in [2.75, 3.05) is 5.75 Å². The molecule has 0 atom stereocenters. The number of carbonyl (C=O) groups is 1. The van der Waals surface area contributed by atoms with Gasteiger partial charge in [-0.2, -0.15) is 0 Å². The number of hydrogen-bond acceptors (Lipinski definition) is 5. The molecule has 1 saturated heterocycles. The van der Waals surface area contributed by atoms with Gasteiger partial charge in [0.1, 0.15) is 5.75 Å². The molecular weight excluding hydrogens is 323 g/mol. The van der Waals surface area contributed by atoms with E-state index in [9.17, 15) is 9.90 Å². The van der Waals surface area contributed by atoms with Crippen LogP contribution in [-0.2, 0) is 14.1 Å². The van der Waals surface area contributed by atoms with Crippen molar-refractivity contribution < 1.29 is 19.2 Å². The fourth-order valence-electron chi connectivity index (χ4n) is 2.40. The molecular formula is C18H25BO4S. The molecule has 1 N–H and O–H groups in total. The van der Waals surface area contributed by atoms with Crippen LogP contribution in [-0.4, -0.2) is 34.3 Å². The van der Waals surface area contributed by atoms with Crippen LogP contribution in [0.4, 0.5) is 0 Å². The zero-order chi connectivity index (χ0) is 18.1. The van der Waals surface area contributed by atoms with Gasteiger partial charge >= 0.3 is 7.12 Å². The lowest BCUT2D eigenvalue weighted by molar-refractivity contribution is -0.109. The lowest BCUT2D eigenvalue weighted by atomic mass is 9.78. The number of benzene rings is 1. The Kier molecular flexibility index (Phi) is 5.52. The van der Waals surface area contributed by atoms with Crippen LogP contribution < -0.4 is 0 Å². The monoisotopic (exact) mass is 348 g/mol. The number of thioether (sulfide) groups is 1. The fourth-order valence-corrected chi connectivity index (χ4v) is 2.98. The molecule has 24 heavy (non-hydrogen) atoms. The Morgan fingerprint density at radius 2 is 1.83 bits per heavy atom. The van der Waals surface area contributed by atoms with E-state index in [0.717, 1.165) is 16.6 Å². The summed E-state index contributed by atoms with van der Waals surface area (Å²) in [5, 5.41) is 10.2. The summed E-state index contributed by atoms with van der Waals surface area (Å²) in [4.78, 5) is 11.4. The third-order valence-electron chi connectivity index (χ3n) is 4.63. The molecule has 1 aromatic carbocycles. The maximum absolute atomic E-state index is 11.4. The molecule has 4 nitrogen and oxygen atoms in total. The minimum Gasteiger partial charge on any atom is -0.507 e. The smallest absolute Gasteiger partial charge is 0.491 e. The first-order valence-electron chi connectivity index (χ1n) is 8.01. The van der Waals surface area contributed by atoms with Crippen molar-refractivity contribution in [2.24, 2.45) is 0 Å². The summed E-state index contributed by atoms with van der Waals surface area (Å²) in [6.45, 7) is 11.5. The SMILES string of the molecule is CC(=O)SCC(=Cc1c(C)cccc1O)B1OC(C)(C)C(C)(C)O1. The van der Waals surface area contributed by atoms with Crippen LogP contribution in [0, 0.1) is 6.92 Å². The molecule has 0 radical (unpaired) electrons. The highest BCUT2D eigenvalue weighted by Gasteiger charge is 2.52. The zero-order valence-corrected chi connectivity index (χ0v) is 16.0. The van der Waals surface area contributed by atoms with Crippen molar-refractivity contribution in [3.8, 4) is 5.75 Å². The summed E-state index contributed by atoms with van der Waals surface area (Å²) >= 11 is 1.21. The molecule has 1 aromatic rings. The Labute approximate surface area is 148 Å². The van der Waals surface area contributed by atoms with Crippen molar-refractivity contribution in [2.45, 2.75) is 52.7 Å². The van der Waals surface area contributed by atoms with E-state index in [1.807, 2.05) is 46.8 Å². The van der Waals surface area contributed by atoms with Gasteiger partial charge in [-0.05, 0) is 51.7 Å². The molecule has 0 unspecified atom stereocenters. The topological polar surface area (TPSA) is 55.8 Å². The summed E-state index contributed by atoms with van der Waals surface area (Å²) in [7, 11) is -0.541. The van der Waals surface area contributed by atoms with Crippen molar-refractivity contribution in [1.29, 1.82) is 0 Å². The minimum atomic E-state index is -0.541. The third kappa shape index (κ3) is 4.05. The molecule has 2 rings (SSSR count). The molecule has 6 heteroatoms. The van der Waals surface area contributed by atoms with Crippen LogP contribution in [0.25, 0.3) is 6.08 Å². The Balaban J connectivity index is 2.39. The van der Waals surface area contributed by atoms with Gasteiger partial charge in [0.25, 0.3) is 0 Å². The first-order chi connectivity index (χ1) is 11.0. The van der Waals surface area contributed by atoms with Crippen LogP contribution in [0.15, 0.2) is 23.7 Å². The largest absolute Gasteiger partial charge is 0.507 e. The average molecular weight is 348 g/mol. The number of carbonyl (C=O) groups excluding carboxylic acids is 1. The second-order valence-electron chi connectivity index (χ2n) is 7.10. The van der Waals surface area contributed by atoms with Crippen molar-refractivity contribution in [3.63, 3.8) is 0 Å². The minimum absolute atomic E-state index is 0.0337. The molecule has 0 saturated carbocycles. The average Bonchev–Trinajstić information content (AvgIpc) is 2.65. The second kappa shape index (κ2) is 6.94. The lowest BCUT2D eigenvalue weighted by Gasteiger charge is -2.32. The first kappa shape index (κ1) is 19.1. The van der Waals surface area contributed by atoms with Gasteiger partial charge in [0.2, 0.25) is 0 Å². The van der Waals surface area contributed by atoms with E-state index in [-0.39, 0.29) is 10.9 Å². The van der Waals surface area contributed by atoms with Crippen LogP contribution in [0.5, 0.6) is 5.75 Å². The highest BCUT2D eigenvalue weighted by atomic mass is 32.2. The summed E-state index contributed by atoms with van der Waals surface area (Å²) in [5.41, 5.74) is 1.61. The summed E-state index contributed by atoms with van der Waals surface area (Å²) in [6.07, 6.45) is 1.88. The van der Waals surface area contributed by atoms with Gasteiger partial charge in [-0.25, -0.2) is 0 Å². The highest BCUT2D eigenvalue weighted by molar-refractivity contribution is 8.13. The fraction of sp³-hybridized carbons (Fsp3) is 0.500. The summed E-state index contributed by atoms with van der Waals surface area (Å²) in [5.74, 6) is 0.664. The van der Waals surface area contributed by atoms with Gasteiger partial charge in [-0.3, -0.25) is 4.79 Å². The van der Waals surface area contributed by atoms with E-state index in [4.69, 9.17) is 9.31 Å². The van der Waals surface area contributed by atoms with E-state index in [0.29, 0.717) is 5.75 Å². The molecule has 1 aliphatic rings. The van der Waals surface area contributed by atoms with Gasteiger partial charge in [0, 0.05) is 18.2 Å². The number of phenolic OH excluding ortho intramolecular Hbond substituents is 1. The van der Waals surface area contributed by atoms with Crippen molar-refractivity contribution in [3.05, 3.63) is 34.8 Å². The summed E-state index contributed by atoms with van der Waals surface area (Å²) < 4.78 is 12.2. The van der Waals surface area contributed by atoms with Crippen molar-refractivity contribution >= 4 is 30.1 Å². The van der Waals surface area contributed by atoms with E-state index < -0.39 is 18.3 Å². The standard InChI is InChI=1S/C18H25BO4S/c1-12-8-7-9-16(21)15(12)10-14(11-24-13(2)20)19-22-17(3,4)18(5,6)23-19/h7-10,21H,11H2,1-6H3. The van der Waals surface area contributed by atoms with E-state index >= 15 is 0 Å². The number of aryl methyl sites for hydroxylation is 1. The molecule has 0 spiro atoms. The van der Waals surface area contributed by atoms with Crippen LogP contribution >= 0.6 is 11.8 Å². The maximum Gasteiger partial charge on any atom is 0.491 e. The number of aromatic hydroxyl groups is 1. The molecule has 1 heterocycles. The molecule has 1 fully saturated rings. The first-order valence-corrected chi connectivity index (χ1v) is 9.00. The van der Waals surface area contributed by atoms with Crippen LogP contribution in [0.1, 0.15) is 45.7 Å². The number of rotatable bonds is 4. The predicted octanol–water partition coefficient (Wildman–Crippen LogP) is 4.00. The van der Waals surface area contributed by atoms with E-state index in [2.05, 4.69) is 0 Å². The third-order valence-corrected chi connectivity index (χ3v) is 5.51. The van der Waals surface area contributed by atoms with Gasteiger partial charge in [-0.1, -0.05) is 30.0 Å². The second-order valence-corrected chi connectivity index (χ2v) is 8.25. The Hall–Kier alpha value is -1.24. The van der Waals surface area contributed by atoms with Gasteiger partial charge in [0.05, 0.1) is 11.2 Å². The number of phenols is 1. The van der Waals surface area contributed by atoms with Crippen molar-refractivity contribution in [1.82, 2.24) is 0 Å².